The predicted octanol–water partition coefficient (Wildman–Crippen LogP) is 1.44. The number of Topliss-reactive ketones (excluding diaryl/α,β-unsaturated/α-hetero) is 1. The molecule has 0 unspecified atom stereocenters. The maximum atomic E-state index is 11.9. The van der Waals surface area contributed by atoms with Crippen molar-refractivity contribution < 1.29 is 14.3 Å². The van der Waals surface area contributed by atoms with Crippen molar-refractivity contribution in [2.75, 3.05) is 13.7 Å². The molecule has 1 saturated heterocycles. The number of nitrogens with zero attached hydrogens (tertiary/aromatic N) is 1. The fraction of sp³-hybridized carbons (Fsp3) is 0.833. The number of likely N-dealkylation sites (tertiary alicyclic amines) is 1. The molecule has 16 heavy (non-hydrogen) atoms. The first-order chi connectivity index (χ1) is 7.74. The van der Waals surface area contributed by atoms with Crippen LogP contribution in [0.5, 0.6) is 0 Å². The molecule has 88 valence electrons. The minimum Gasteiger partial charge on any atom is -0.453 e. The number of rotatable bonds is 0. The van der Waals surface area contributed by atoms with Gasteiger partial charge in [-0.05, 0) is 24.7 Å². The van der Waals surface area contributed by atoms with Crippen LogP contribution in [0, 0.1) is 17.8 Å². The highest BCUT2D eigenvalue weighted by Gasteiger charge is 2.60. The average molecular weight is 223 g/mol. The second-order valence-electron chi connectivity index (χ2n) is 5.15. The van der Waals surface area contributed by atoms with Crippen LogP contribution in [0.1, 0.15) is 25.7 Å². The lowest BCUT2D eigenvalue weighted by molar-refractivity contribution is -0.145. The molecule has 4 atom stereocenters. The molecule has 1 amide bonds. The van der Waals surface area contributed by atoms with Crippen molar-refractivity contribution in [1.29, 1.82) is 0 Å². The summed E-state index contributed by atoms with van der Waals surface area (Å²) in [6.45, 7) is 0.551. The molecule has 0 spiro atoms. The molecule has 0 aromatic heterocycles. The number of hydrogen-bond acceptors (Lipinski definition) is 3. The SMILES string of the molecule is COC(=O)N1CCC(=O)[C@@H]2[C@H]3CCC[C@H]3[C@@H]21. The highest BCUT2D eigenvalue weighted by atomic mass is 16.5. The number of carbonyl (C=O) groups excluding carboxylic acids is 2. The number of methoxy groups -OCH3 is 1. The summed E-state index contributed by atoms with van der Waals surface area (Å²) in [6.07, 6.45) is 3.82. The first-order valence-electron chi connectivity index (χ1n) is 6.11. The van der Waals surface area contributed by atoms with Crippen LogP contribution in [0.4, 0.5) is 4.79 Å². The molecule has 3 fully saturated rings. The molecule has 2 saturated carbocycles. The highest BCUT2D eigenvalue weighted by Crippen LogP contribution is 2.55. The number of fused-ring (bicyclic) bond motifs is 4. The molecule has 0 aromatic rings. The molecule has 1 aliphatic heterocycles. The van der Waals surface area contributed by atoms with Crippen LogP contribution in [0.2, 0.25) is 0 Å². The average Bonchev–Trinajstić information content (AvgIpc) is 2.67. The zero-order chi connectivity index (χ0) is 11.3. The van der Waals surface area contributed by atoms with Crippen molar-refractivity contribution in [3.63, 3.8) is 0 Å². The summed E-state index contributed by atoms with van der Waals surface area (Å²) in [6, 6.07) is 0.154. The van der Waals surface area contributed by atoms with Gasteiger partial charge in [0.05, 0.1) is 7.11 Å². The number of ether oxygens (including phenoxy) is 1. The Morgan fingerprint density at radius 3 is 2.88 bits per heavy atom. The van der Waals surface area contributed by atoms with Crippen LogP contribution in [-0.4, -0.2) is 36.5 Å². The van der Waals surface area contributed by atoms with E-state index in [0.717, 1.165) is 0 Å². The fourth-order valence-electron chi connectivity index (χ4n) is 3.99. The number of amides is 1. The van der Waals surface area contributed by atoms with Crippen molar-refractivity contribution in [2.45, 2.75) is 31.7 Å². The largest absolute Gasteiger partial charge is 0.453 e. The molecular formula is C12H17NO3. The van der Waals surface area contributed by atoms with Gasteiger partial charge in [0.15, 0.2) is 0 Å². The Balaban J connectivity index is 1.84. The lowest BCUT2D eigenvalue weighted by Gasteiger charge is -2.55. The van der Waals surface area contributed by atoms with Crippen molar-refractivity contribution in [3.8, 4) is 0 Å². The van der Waals surface area contributed by atoms with E-state index in [4.69, 9.17) is 4.74 Å². The molecule has 1 heterocycles. The van der Waals surface area contributed by atoms with E-state index < -0.39 is 0 Å². The van der Waals surface area contributed by atoms with Crippen molar-refractivity contribution in [1.82, 2.24) is 4.90 Å². The molecule has 0 N–H and O–H groups in total. The van der Waals surface area contributed by atoms with Crippen LogP contribution < -0.4 is 0 Å². The van der Waals surface area contributed by atoms with Crippen LogP contribution in [0.3, 0.4) is 0 Å². The van der Waals surface area contributed by atoms with Crippen LogP contribution >= 0.6 is 0 Å². The minimum atomic E-state index is -0.257. The summed E-state index contributed by atoms with van der Waals surface area (Å²) in [4.78, 5) is 25.3. The topological polar surface area (TPSA) is 46.6 Å². The van der Waals surface area contributed by atoms with Crippen LogP contribution in [0.15, 0.2) is 0 Å². The molecule has 4 heteroatoms. The standard InChI is InChI=1S/C12H17NO3/c1-16-12(15)13-6-5-9(14)10-7-3-2-4-8(7)11(10)13/h7-8,10-11H,2-6H2,1H3/t7-,8+,10-,11-/m0/s1. The highest BCUT2D eigenvalue weighted by molar-refractivity contribution is 5.86. The molecule has 3 aliphatic rings. The van der Waals surface area contributed by atoms with Gasteiger partial charge in [0.1, 0.15) is 5.78 Å². The zero-order valence-electron chi connectivity index (χ0n) is 9.52. The van der Waals surface area contributed by atoms with Gasteiger partial charge in [0.2, 0.25) is 0 Å². The van der Waals surface area contributed by atoms with Crippen LogP contribution in [0.25, 0.3) is 0 Å². The van der Waals surface area contributed by atoms with Crippen molar-refractivity contribution >= 4 is 11.9 Å². The quantitative estimate of drug-likeness (QED) is 0.624. The van der Waals surface area contributed by atoms with E-state index in [1.54, 1.807) is 4.90 Å². The molecule has 2 aliphatic carbocycles. The lowest BCUT2D eigenvalue weighted by atomic mass is 9.58. The minimum absolute atomic E-state index is 0.125. The summed E-state index contributed by atoms with van der Waals surface area (Å²) in [5, 5.41) is 0. The fourth-order valence-corrected chi connectivity index (χ4v) is 3.99. The Morgan fingerprint density at radius 2 is 2.12 bits per heavy atom. The van der Waals surface area contributed by atoms with E-state index in [1.807, 2.05) is 0 Å². The monoisotopic (exact) mass is 223 g/mol. The smallest absolute Gasteiger partial charge is 0.409 e. The summed E-state index contributed by atoms with van der Waals surface area (Å²) in [7, 11) is 1.42. The summed E-state index contributed by atoms with van der Waals surface area (Å²) >= 11 is 0. The van der Waals surface area contributed by atoms with Gasteiger partial charge in [-0.3, -0.25) is 4.79 Å². The third kappa shape index (κ3) is 1.16. The van der Waals surface area contributed by atoms with E-state index >= 15 is 0 Å². The Labute approximate surface area is 94.9 Å². The molecule has 3 rings (SSSR count). The Kier molecular flexibility index (Phi) is 2.19. The number of piperidine rings is 1. The molecule has 0 bridgehead atoms. The van der Waals surface area contributed by atoms with Crippen LogP contribution in [-0.2, 0) is 9.53 Å². The van der Waals surface area contributed by atoms with Gasteiger partial charge in [0, 0.05) is 24.9 Å². The van der Waals surface area contributed by atoms with E-state index in [1.165, 1.54) is 26.4 Å². The van der Waals surface area contributed by atoms with Gasteiger partial charge in [-0.25, -0.2) is 4.79 Å². The molecule has 0 radical (unpaired) electrons. The molecule has 0 aromatic carbocycles. The number of carbonyl (C=O) groups is 2. The predicted molar refractivity (Wildman–Crippen MR) is 56.8 cm³/mol. The first-order valence-corrected chi connectivity index (χ1v) is 6.11. The Morgan fingerprint density at radius 1 is 1.38 bits per heavy atom. The summed E-state index contributed by atoms with van der Waals surface area (Å²) in [5.41, 5.74) is 0. The normalized spacial score (nSPS) is 41.1. The summed E-state index contributed by atoms with van der Waals surface area (Å²) in [5.74, 6) is 1.62. The second kappa shape index (κ2) is 3.47. The van der Waals surface area contributed by atoms with E-state index in [2.05, 4.69) is 0 Å². The maximum Gasteiger partial charge on any atom is 0.409 e. The third-order valence-corrected chi connectivity index (χ3v) is 4.63. The van der Waals surface area contributed by atoms with Gasteiger partial charge >= 0.3 is 6.09 Å². The molecular weight excluding hydrogens is 206 g/mol. The summed E-state index contributed by atoms with van der Waals surface area (Å²) < 4.78 is 4.80. The van der Waals surface area contributed by atoms with Crippen molar-refractivity contribution in [2.24, 2.45) is 17.8 Å². The van der Waals surface area contributed by atoms with E-state index in [9.17, 15) is 9.59 Å². The lowest BCUT2D eigenvalue weighted by Crippen LogP contribution is -2.65. The maximum absolute atomic E-state index is 11.9. The number of hydrogen-bond donors (Lipinski definition) is 0. The van der Waals surface area contributed by atoms with Gasteiger partial charge < -0.3 is 9.64 Å². The van der Waals surface area contributed by atoms with E-state index in [-0.39, 0.29) is 18.1 Å². The second-order valence-corrected chi connectivity index (χ2v) is 5.15. The van der Waals surface area contributed by atoms with Gasteiger partial charge in [-0.2, -0.15) is 0 Å². The zero-order valence-corrected chi connectivity index (χ0v) is 9.52. The Bertz CT molecular complexity index is 341. The Hall–Kier alpha value is -1.06. The van der Waals surface area contributed by atoms with Crippen molar-refractivity contribution in [3.05, 3.63) is 0 Å². The number of ketones is 1. The van der Waals surface area contributed by atoms with E-state index in [0.29, 0.717) is 30.6 Å². The third-order valence-electron chi connectivity index (χ3n) is 4.63. The molecule has 4 nitrogen and oxygen atoms in total. The van der Waals surface area contributed by atoms with Gasteiger partial charge in [-0.15, -0.1) is 0 Å². The van der Waals surface area contributed by atoms with Gasteiger partial charge in [0.25, 0.3) is 0 Å². The first kappa shape index (κ1) is 10.1. The van der Waals surface area contributed by atoms with Gasteiger partial charge in [-0.1, -0.05) is 6.42 Å².